The quantitative estimate of drug-likeness (QED) is 0.336. The van der Waals surface area contributed by atoms with Crippen LogP contribution in [0, 0.1) is 5.82 Å². The van der Waals surface area contributed by atoms with Gasteiger partial charge < -0.3 is 10.4 Å². The van der Waals surface area contributed by atoms with Crippen molar-refractivity contribution in [2.75, 3.05) is 5.32 Å². The Hall–Kier alpha value is -2.62. The van der Waals surface area contributed by atoms with Gasteiger partial charge in [-0.3, -0.25) is 4.79 Å². The number of unbranched alkanes of at least 4 members (excludes halogenated alkanes) is 3. The molecule has 2 N–H and O–H groups in total. The molecule has 2 rings (SSSR count). The summed E-state index contributed by atoms with van der Waals surface area (Å²) in [6.07, 6.45) is -8.15. The van der Waals surface area contributed by atoms with Crippen LogP contribution in [0.5, 0.6) is 0 Å². The number of rotatable bonds is 8. The average molecular weight is 465 g/mol. The van der Waals surface area contributed by atoms with E-state index in [-0.39, 0.29) is 23.1 Å². The molecule has 32 heavy (non-hydrogen) atoms. The van der Waals surface area contributed by atoms with Crippen LogP contribution in [0.3, 0.4) is 0 Å². The van der Waals surface area contributed by atoms with Crippen molar-refractivity contribution in [1.29, 1.82) is 0 Å². The van der Waals surface area contributed by atoms with Crippen LogP contribution in [-0.4, -0.2) is 23.4 Å². The molecule has 0 radical (unpaired) electrons. The lowest BCUT2D eigenvalue weighted by Gasteiger charge is -2.32. The maximum absolute atomic E-state index is 14.4. The highest BCUT2D eigenvalue weighted by atomic mass is 19.4. The van der Waals surface area contributed by atoms with E-state index >= 15 is 0 Å². The van der Waals surface area contributed by atoms with Crippen LogP contribution < -0.4 is 5.32 Å². The standard InChI is InChI=1S/C22H22F7NO2/c1-2-3-4-5-6-19(31)30-16-10-7-14(8-11-16)17-12-9-15(13-18(17)23)20(32,21(24,25)26)22(27,28)29/h7-13,32H,2-6H2,1H3,(H,30,31). The molecule has 3 nitrogen and oxygen atoms in total. The van der Waals surface area contributed by atoms with Crippen LogP contribution in [0.1, 0.15) is 44.6 Å². The first-order chi connectivity index (χ1) is 14.8. The molecule has 0 fully saturated rings. The number of carbonyl (C=O) groups is 1. The van der Waals surface area contributed by atoms with Crippen molar-refractivity contribution in [1.82, 2.24) is 0 Å². The predicted molar refractivity (Wildman–Crippen MR) is 105 cm³/mol. The minimum absolute atomic E-state index is 0.0162. The molecule has 2 aromatic carbocycles. The van der Waals surface area contributed by atoms with E-state index in [1.165, 1.54) is 24.3 Å². The number of hydrogen-bond donors (Lipinski definition) is 2. The van der Waals surface area contributed by atoms with Crippen molar-refractivity contribution in [3.05, 3.63) is 53.8 Å². The van der Waals surface area contributed by atoms with Crippen LogP contribution >= 0.6 is 0 Å². The van der Waals surface area contributed by atoms with Gasteiger partial charge in [-0.15, -0.1) is 0 Å². The van der Waals surface area contributed by atoms with Crippen LogP contribution in [0.4, 0.5) is 36.4 Å². The van der Waals surface area contributed by atoms with Crippen molar-refractivity contribution in [2.45, 2.75) is 57.0 Å². The fourth-order valence-electron chi connectivity index (χ4n) is 3.13. The summed E-state index contributed by atoms with van der Waals surface area (Å²) in [7, 11) is 0. The van der Waals surface area contributed by atoms with Gasteiger partial charge in [0.05, 0.1) is 0 Å². The molecule has 0 aliphatic rings. The fourth-order valence-corrected chi connectivity index (χ4v) is 3.13. The molecule has 0 spiro atoms. The van der Waals surface area contributed by atoms with E-state index in [0.717, 1.165) is 31.7 Å². The number of nitrogens with one attached hydrogen (secondary N) is 1. The molecule has 0 saturated heterocycles. The predicted octanol–water partition coefficient (Wildman–Crippen LogP) is 6.71. The summed E-state index contributed by atoms with van der Waals surface area (Å²) in [4.78, 5) is 11.9. The Bertz CT molecular complexity index is 907. The molecule has 0 saturated carbocycles. The van der Waals surface area contributed by atoms with Gasteiger partial charge in [0.2, 0.25) is 5.91 Å². The molecule has 176 valence electrons. The van der Waals surface area contributed by atoms with Crippen LogP contribution in [0.25, 0.3) is 11.1 Å². The van der Waals surface area contributed by atoms with Crippen molar-refractivity contribution in [3.8, 4) is 11.1 Å². The number of benzene rings is 2. The van der Waals surface area contributed by atoms with Gasteiger partial charge in [-0.25, -0.2) is 4.39 Å². The van der Waals surface area contributed by atoms with Gasteiger partial charge in [-0.1, -0.05) is 50.5 Å². The van der Waals surface area contributed by atoms with Crippen molar-refractivity contribution in [3.63, 3.8) is 0 Å². The third-order valence-electron chi connectivity index (χ3n) is 4.94. The number of halogens is 7. The Morgan fingerprint density at radius 3 is 2.00 bits per heavy atom. The van der Waals surface area contributed by atoms with Gasteiger partial charge >= 0.3 is 12.4 Å². The van der Waals surface area contributed by atoms with E-state index in [1.807, 2.05) is 6.92 Å². The Labute approximate surface area is 180 Å². The molecule has 10 heteroatoms. The topological polar surface area (TPSA) is 49.3 Å². The number of hydrogen-bond acceptors (Lipinski definition) is 2. The molecular weight excluding hydrogens is 443 g/mol. The Kier molecular flexibility index (Phi) is 7.92. The average Bonchev–Trinajstić information content (AvgIpc) is 2.69. The van der Waals surface area contributed by atoms with E-state index in [0.29, 0.717) is 18.2 Å². The third-order valence-corrected chi connectivity index (χ3v) is 4.94. The first-order valence-corrected chi connectivity index (χ1v) is 9.87. The first-order valence-electron chi connectivity index (χ1n) is 9.87. The summed E-state index contributed by atoms with van der Waals surface area (Å²) < 4.78 is 92.3. The van der Waals surface area contributed by atoms with E-state index in [9.17, 15) is 40.6 Å². The molecule has 1 amide bonds. The lowest BCUT2D eigenvalue weighted by Crippen LogP contribution is -2.53. The molecule has 0 unspecified atom stereocenters. The summed E-state index contributed by atoms with van der Waals surface area (Å²) in [6.45, 7) is 2.05. The van der Waals surface area contributed by atoms with Gasteiger partial charge in [0.15, 0.2) is 0 Å². The summed E-state index contributed by atoms with van der Waals surface area (Å²) in [6, 6.07) is 6.74. The van der Waals surface area contributed by atoms with Gasteiger partial charge in [-0.05, 0) is 30.2 Å². The number of anilines is 1. The second-order valence-electron chi connectivity index (χ2n) is 7.34. The second kappa shape index (κ2) is 9.89. The number of aliphatic hydroxyl groups is 1. The SMILES string of the molecule is CCCCCCC(=O)Nc1ccc(-c2ccc(C(O)(C(F)(F)F)C(F)(F)F)cc2F)cc1. The lowest BCUT2D eigenvalue weighted by atomic mass is 9.90. The van der Waals surface area contributed by atoms with E-state index in [2.05, 4.69) is 5.32 Å². The van der Waals surface area contributed by atoms with Crippen molar-refractivity contribution >= 4 is 11.6 Å². The van der Waals surface area contributed by atoms with Gasteiger partial charge in [0.25, 0.3) is 5.60 Å². The van der Waals surface area contributed by atoms with Crippen molar-refractivity contribution < 1.29 is 40.6 Å². The molecule has 0 aliphatic heterocycles. The smallest absolute Gasteiger partial charge is 0.369 e. The number of amides is 1. The van der Waals surface area contributed by atoms with Crippen molar-refractivity contribution in [2.24, 2.45) is 0 Å². The Balaban J connectivity index is 2.21. The van der Waals surface area contributed by atoms with Crippen LogP contribution in [0.15, 0.2) is 42.5 Å². The van der Waals surface area contributed by atoms with Crippen LogP contribution in [-0.2, 0) is 10.4 Å². The highest BCUT2D eigenvalue weighted by Gasteiger charge is 2.71. The molecule has 2 aromatic rings. The Morgan fingerprint density at radius 1 is 0.906 bits per heavy atom. The summed E-state index contributed by atoms with van der Waals surface area (Å²) in [5.41, 5.74) is -6.57. The molecule has 0 aromatic heterocycles. The lowest BCUT2D eigenvalue weighted by molar-refractivity contribution is -0.376. The van der Waals surface area contributed by atoms with Crippen LogP contribution in [0.2, 0.25) is 0 Å². The zero-order valence-electron chi connectivity index (χ0n) is 17.1. The number of carbonyl (C=O) groups excluding carboxylic acids is 1. The molecule has 0 aliphatic carbocycles. The van der Waals surface area contributed by atoms with Gasteiger partial charge in [-0.2, -0.15) is 26.3 Å². The number of alkyl halides is 6. The summed E-state index contributed by atoms with van der Waals surface area (Å²) in [5.74, 6) is -1.58. The highest BCUT2D eigenvalue weighted by molar-refractivity contribution is 5.91. The normalized spacial score (nSPS) is 12.7. The molecule has 0 bridgehead atoms. The van der Waals surface area contributed by atoms with E-state index in [1.54, 1.807) is 0 Å². The second-order valence-corrected chi connectivity index (χ2v) is 7.34. The maximum atomic E-state index is 14.4. The first kappa shape index (κ1) is 25.6. The maximum Gasteiger partial charge on any atom is 0.430 e. The third kappa shape index (κ3) is 5.59. The van der Waals surface area contributed by atoms with E-state index < -0.39 is 29.3 Å². The van der Waals surface area contributed by atoms with E-state index in [4.69, 9.17) is 0 Å². The zero-order chi connectivity index (χ0) is 24.2. The molecule has 0 heterocycles. The fraction of sp³-hybridized carbons (Fsp3) is 0.409. The minimum atomic E-state index is -6.10. The minimum Gasteiger partial charge on any atom is -0.369 e. The molecular formula is C22H22F7NO2. The monoisotopic (exact) mass is 465 g/mol. The summed E-state index contributed by atoms with van der Waals surface area (Å²) >= 11 is 0. The Morgan fingerprint density at radius 2 is 1.50 bits per heavy atom. The largest absolute Gasteiger partial charge is 0.430 e. The van der Waals surface area contributed by atoms with Gasteiger partial charge in [0.1, 0.15) is 5.82 Å². The highest BCUT2D eigenvalue weighted by Crippen LogP contribution is 2.50. The summed E-state index contributed by atoms with van der Waals surface area (Å²) in [5, 5.41) is 12.1. The zero-order valence-corrected chi connectivity index (χ0v) is 17.1. The van der Waals surface area contributed by atoms with Gasteiger partial charge in [0, 0.05) is 23.2 Å². The molecule has 0 atom stereocenters.